The average molecular weight is 398 g/mol. The third kappa shape index (κ3) is 6.08. The van der Waals surface area contributed by atoms with Gasteiger partial charge < -0.3 is 19.5 Å². The van der Waals surface area contributed by atoms with E-state index in [1.807, 2.05) is 6.92 Å². The van der Waals surface area contributed by atoms with E-state index in [2.05, 4.69) is 10.4 Å². The van der Waals surface area contributed by atoms with Crippen molar-refractivity contribution in [2.75, 3.05) is 13.2 Å². The molecule has 1 N–H and O–H groups in total. The van der Waals surface area contributed by atoms with Crippen LogP contribution in [0.1, 0.15) is 65.3 Å². The van der Waals surface area contributed by atoms with E-state index in [0.29, 0.717) is 13.0 Å². The Balaban J connectivity index is 2.00. The Morgan fingerprint density at radius 3 is 2.75 bits per heavy atom. The van der Waals surface area contributed by atoms with Gasteiger partial charge in [-0.3, -0.25) is 10.1 Å². The SMILES string of the molecule is Cc1nn(C2CCCCO2)c(OCC[C@@H](C)NC(=O)OC(C)(C)C)c1[N+](=O)[O-]. The second-order valence-corrected chi connectivity index (χ2v) is 7.95. The number of hydrogen-bond acceptors (Lipinski definition) is 7. The second-order valence-electron chi connectivity index (χ2n) is 7.95. The maximum atomic E-state index is 11.8. The van der Waals surface area contributed by atoms with Crippen LogP contribution in [0, 0.1) is 17.0 Å². The van der Waals surface area contributed by atoms with Crippen molar-refractivity contribution in [3.8, 4) is 5.88 Å². The van der Waals surface area contributed by atoms with Crippen molar-refractivity contribution >= 4 is 11.8 Å². The molecule has 0 aliphatic carbocycles. The summed E-state index contributed by atoms with van der Waals surface area (Å²) in [7, 11) is 0. The van der Waals surface area contributed by atoms with Gasteiger partial charge in [0.1, 0.15) is 11.3 Å². The minimum atomic E-state index is -0.578. The number of alkyl carbamates (subject to hydrolysis) is 1. The molecule has 0 radical (unpaired) electrons. The summed E-state index contributed by atoms with van der Waals surface area (Å²) >= 11 is 0. The van der Waals surface area contributed by atoms with Crippen molar-refractivity contribution in [3.63, 3.8) is 0 Å². The molecule has 2 atom stereocenters. The normalized spacial score (nSPS) is 18.4. The van der Waals surface area contributed by atoms with Crippen LogP contribution in [0.3, 0.4) is 0 Å². The smallest absolute Gasteiger partial charge is 0.407 e. The molecule has 158 valence electrons. The van der Waals surface area contributed by atoms with Crippen LogP contribution in [0.25, 0.3) is 0 Å². The van der Waals surface area contributed by atoms with Crippen LogP contribution in [-0.4, -0.2) is 45.7 Å². The van der Waals surface area contributed by atoms with Crippen molar-refractivity contribution in [2.45, 2.75) is 78.2 Å². The van der Waals surface area contributed by atoms with Crippen molar-refractivity contribution in [3.05, 3.63) is 15.8 Å². The molecule has 0 bridgehead atoms. The molecule has 28 heavy (non-hydrogen) atoms. The Hall–Kier alpha value is -2.36. The Morgan fingerprint density at radius 2 is 2.18 bits per heavy atom. The molecule has 1 fully saturated rings. The number of amides is 1. The molecule has 2 rings (SSSR count). The first-order chi connectivity index (χ1) is 13.1. The van der Waals surface area contributed by atoms with E-state index >= 15 is 0 Å². The summed E-state index contributed by atoms with van der Waals surface area (Å²) < 4.78 is 18.1. The van der Waals surface area contributed by atoms with Gasteiger partial charge >= 0.3 is 11.8 Å². The molecule has 10 heteroatoms. The molecular weight excluding hydrogens is 368 g/mol. The summed E-state index contributed by atoms with van der Waals surface area (Å²) in [5.41, 5.74) is -0.443. The first-order valence-electron chi connectivity index (χ1n) is 9.56. The van der Waals surface area contributed by atoms with Gasteiger partial charge in [-0.15, -0.1) is 0 Å². The van der Waals surface area contributed by atoms with Gasteiger partial charge in [0.25, 0.3) is 5.88 Å². The van der Waals surface area contributed by atoms with E-state index in [-0.39, 0.29) is 36.1 Å². The molecule has 0 saturated carbocycles. The fourth-order valence-electron chi connectivity index (χ4n) is 2.89. The van der Waals surface area contributed by atoms with Crippen molar-refractivity contribution in [2.24, 2.45) is 0 Å². The zero-order chi connectivity index (χ0) is 20.9. The summed E-state index contributed by atoms with van der Waals surface area (Å²) in [4.78, 5) is 22.8. The Morgan fingerprint density at radius 1 is 1.46 bits per heavy atom. The van der Waals surface area contributed by atoms with Gasteiger partial charge in [-0.25, -0.2) is 4.79 Å². The van der Waals surface area contributed by atoms with Crippen molar-refractivity contribution in [1.82, 2.24) is 15.1 Å². The maximum absolute atomic E-state index is 11.8. The van der Waals surface area contributed by atoms with Gasteiger partial charge in [-0.05, 0) is 53.9 Å². The number of rotatable bonds is 7. The minimum absolute atomic E-state index is 0.0962. The molecule has 2 heterocycles. The monoisotopic (exact) mass is 398 g/mol. The number of carbonyl (C=O) groups excluding carboxylic acids is 1. The molecule has 1 saturated heterocycles. The maximum Gasteiger partial charge on any atom is 0.407 e. The first-order valence-corrected chi connectivity index (χ1v) is 9.56. The molecule has 1 aromatic heterocycles. The fourth-order valence-corrected chi connectivity index (χ4v) is 2.89. The topological polar surface area (TPSA) is 118 Å². The largest absolute Gasteiger partial charge is 0.473 e. The molecular formula is C18H30N4O6. The lowest BCUT2D eigenvalue weighted by Crippen LogP contribution is -2.38. The standard InChI is InChI=1S/C18H30N4O6/c1-12(19-17(23)28-18(3,4)5)9-11-27-16-15(22(24)25)13(2)20-21(16)14-8-6-7-10-26-14/h12,14H,6-11H2,1-5H3,(H,19,23)/t12-,14?/m1/s1. The van der Waals surface area contributed by atoms with E-state index in [1.165, 1.54) is 4.68 Å². The highest BCUT2D eigenvalue weighted by Crippen LogP contribution is 2.36. The number of aromatic nitrogens is 2. The molecule has 1 aliphatic rings. The highest BCUT2D eigenvalue weighted by atomic mass is 16.6. The first kappa shape index (κ1) is 21.9. The average Bonchev–Trinajstić information content (AvgIpc) is 2.90. The van der Waals surface area contributed by atoms with Crippen LogP contribution in [0.5, 0.6) is 5.88 Å². The van der Waals surface area contributed by atoms with Crippen LogP contribution >= 0.6 is 0 Å². The van der Waals surface area contributed by atoms with Crippen molar-refractivity contribution < 1.29 is 23.9 Å². The highest BCUT2D eigenvalue weighted by molar-refractivity contribution is 5.68. The van der Waals surface area contributed by atoms with E-state index in [4.69, 9.17) is 14.2 Å². The van der Waals surface area contributed by atoms with Gasteiger partial charge in [0.05, 0.1) is 11.5 Å². The minimum Gasteiger partial charge on any atom is -0.473 e. The molecule has 1 unspecified atom stereocenters. The highest BCUT2D eigenvalue weighted by Gasteiger charge is 2.31. The molecule has 1 aliphatic heterocycles. The van der Waals surface area contributed by atoms with Crippen LogP contribution in [0.4, 0.5) is 10.5 Å². The summed E-state index contributed by atoms with van der Waals surface area (Å²) in [6, 6.07) is -0.225. The van der Waals surface area contributed by atoms with E-state index in [0.717, 1.165) is 19.3 Å². The summed E-state index contributed by atoms with van der Waals surface area (Å²) in [5.74, 6) is 0.0962. The molecule has 10 nitrogen and oxygen atoms in total. The van der Waals surface area contributed by atoms with Crippen LogP contribution in [0.15, 0.2) is 0 Å². The van der Waals surface area contributed by atoms with Crippen LogP contribution < -0.4 is 10.1 Å². The van der Waals surface area contributed by atoms with Gasteiger partial charge in [-0.2, -0.15) is 9.78 Å². The Bertz CT molecular complexity index is 691. The quantitative estimate of drug-likeness (QED) is 0.552. The van der Waals surface area contributed by atoms with E-state index < -0.39 is 16.6 Å². The zero-order valence-electron chi connectivity index (χ0n) is 17.2. The molecule has 0 spiro atoms. The number of nitrogens with zero attached hydrogens (tertiary/aromatic N) is 3. The summed E-state index contributed by atoms with van der Waals surface area (Å²) in [6.45, 7) is 9.53. The van der Waals surface area contributed by atoms with Crippen LogP contribution in [-0.2, 0) is 9.47 Å². The summed E-state index contributed by atoms with van der Waals surface area (Å²) in [5, 5.41) is 18.5. The predicted octanol–water partition coefficient (Wildman–Crippen LogP) is 3.48. The number of ether oxygens (including phenoxy) is 3. The summed E-state index contributed by atoms with van der Waals surface area (Å²) in [6.07, 6.45) is 2.23. The molecule has 1 aromatic rings. The third-order valence-corrected chi connectivity index (χ3v) is 4.17. The lowest BCUT2D eigenvalue weighted by Gasteiger charge is -2.24. The van der Waals surface area contributed by atoms with Crippen molar-refractivity contribution in [1.29, 1.82) is 0 Å². The Labute approximate surface area is 164 Å². The molecule has 1 amide bonds. The second kappa shape index (κ2) is 9.22. The van der Waals surface area contributed by atoms with Gasteiger partial charge in [0.2, 0.25) is 0 Å². The number of carbonyl (C=O) groups is 1. The fraction of sp³-hybridized carbons (Fsp3) is 0.778. The van der Waals surface area contributed by atoms with E-state index in [9.17, 15) is 14.9 Å². The lowest BCUT2D eigenvalue weighted by molar-refractivity contribution is -0.386. The third-order valence-electron chi connectivity index (χ3n) is 4.17. The van der Waals surface area contributed by atoms with Gasteiger partial charge in [0.15, 0.2) is 6.23 Å². The molecule has 0 aromatic carbocycles. The number of nitro groups is 1. The number of hydrogen-bond donors (Lipinski definition) is 1. The zero-order valence-corrected chi connectivity index (χ0v) is 17.2. The Kier molecular flexibility index (Phi) is 7.22. The van der Waals surface area contributed by atoms with Gasteiger partial charge in [-0.1, -0.05) is 0 Å². The predicted molar refractivity (Wildman–Crippen MR) is 101 cm³/mol. The van der Waals surface area contributed by atoms with Gasteiger partial charge in [0, 0.05) is 19.1 Å². The van der Waals surface area contributed by atoms with E-state index in [1.54, 1.807) is 27.7 Å². The van der Waals surface area contributed by atoms with Crippen LogP contribution in [0.2, 0.25) is 0 Å². The lowest BCUT2D eigenvalue weighted by atomic mass is 10.2. The number of nitrogens with one attached hydrogen (secondary N) is 1. The number of aryl methyl sites for hydroxylation is 1.